The SMILES string of the molecule is Cc1nc(SCC(=O)N(C)Cc2ccco2)c2c(-c3cccs3)csc2n1. The van der Waals surface area contributed by atoms with Crippen molar-refractivity contribution >= 4 is 50.6 Å². The number of thioether (sulfide) groups is 1. The van der Waals surface area contributed by atoms with Crippen LogP contribution in [0.4, 0.5) is 0 Å². The summed E-state index contributed by atoms with van der Waals surface area (Å²) in [5.41, 5.74) is 1.14. The van der Waals surface area contributed by atoms with Crippen LogP contribution in [0.15, 0.2) is 50.7 Å². The molecule has 138 valence electrons. The lowest BCUT2D eigenvalue weighted by atomic mass is 10.2. The average Bonchev–Trinajstić information content (AvgIpc) is 3.39. The maximum absolute atomic E-state index is 12.5. The Hall–Kier alpha value is -2.16. The lowest BCUT2D eigenvalue weighted by Gasteiger charge is -2.15. The van der Waals surface area contributed by atoms with Gasteiger partial charge in [-0.05, 0) is 30.5 Å². The fraction of sp³-hybridized carbons (Fsp3) is 0.211. The average molecular weight is 416 g/mol. The van der Waals surface area contributed by atoms with E-state index in [2.05, 4.69) is 26.8 Å². The van der Waals surface area contributed by atoms with E-state index >= 15 is 0 Å². The third-order valence-corrected chi connectivity index (χ3v) is 6.77. The smallest absolute Gasteiger partial charge is 0.233 e. The van der Waals surface area contributed by atoms with Gasteiger partial charge in [0, 0.05) is 22.9 Å². The molecule has 0 atom stereocenters. The molecule has 4 aromatic rings. The standard InChI is InChI=1S/C19H17N3O2S3/c1-12-20-18-17(14(10-26-18)15-6-4-8-25-15)19(21-12)27-11-16(23)22(2)9-13-5-3-7-24-13/h3-8,10H,9,11H2,1-2H3. The lowest BCUT2D eigenvalue weighted by molar-refractivity contribution is -0.127. The molecular weight excluding hydrogens is 398 g/mol. The number of carbonyl (C=O) groups is 1. The zero-order valence-electron chi connectivity index (χ0n) is 14.8. The van der Waals surface area contributed by atoms with Crippen LogP contribution in [-0.4, -0.2) is 33.6 Å². The van der Waals surface area contributed by atoms with E-state index < -0.39 is 0 Å². The van der Waals surface area contributed by atoms with Gasteiger partial charge in [0.2, 0.25) is 5.91 Å². The van der Waals surface area contributed by atoms with Crippen molar-refractivity contribution in [2.45, 2.75) is 18.5 Å². The second-order valence-corrected chi connectivity index (χ2v) is 8.77. The van der Waals surface area contributed by atoms with Gasteiger partial charge in [-0.3, -0.25) is 4.79 Å². The largest absolute Gasteiger partial charge is 0.467 e. The fourth-order valence-corrected chi connectivity index (χ4v) is 5.59. The number of hydrogen-bond acceptors (Lipinski definition) is 7. The summed E-state index contributed by atoms with van der Waals surface area (Å²) in [5, 5.41) is 6.09. The minimum absolute atomic E-state index is 0.0359. The fourth-order valence-electron chi connectivity index (χ4n) is 2.69. The molecule has 0 radical (unpaired) electrons. The topological polar surface area (TPSA) is 59.2 Å². The summed E-state index contributed by atoms with van der Waals surface area (Å²) >= 11 is 4.78. The van der Waals surface area contributed by atoms with Crippen molar-refractivity contribution in [3.63, 3.8) is 0 Å². The van der Waals surface area contributed by atoms with E-state index in [0.717, 1.165) is 32.4 Å². The number of hydrogen-bond donors (Lipinski definition) is 0. The Morgan fingerprint density at radius 1 is 1.26 bits per heavy atom. The molecule has 5 nitrogen and oxygen atoms in total. The minimum atomic E-state index is 0.0359. The monoisotopic (exact) mass is 415 g/mol. The number of nitrogens with zero attached hydrogens (tertiary/aromatic N) is 3. The first-order valence-electron chi connectivity index (χ1n) is 8.30. The molecule has 4 heterocycles. The first-order chi connectivity index (χ1) is 13.1. The summed E-state index contributed by atoms with van der Waals surface area (Å²) < 4.78 is 5.32. The van der Waals surface area contributed by atoms with Crippen molar-refractivity contribution in [1.82, 2.24) is 14.9 Å². The molecule has 4 aromatic heterocycles. The maximum Gasteiger partial charge on any atom is 0.233 e. The highest BCUT2D eigenvalue weighted by Crippen LogP contribution is 2.39. The molecule has 0 unspecified atom stereocenters. The van der Waals surface area contributed by atoms with Crippen LogP contribution < -0.4 is 0 Å². The molecule has 0 aromatic carbocycles. The predicted molar refractivity (Wildman–Crippen MR) is 111 cm³/mol. The first-order valence-corrected chi connectivity index (χ1v) is 11.0. The third-order valence-electron chi connectivity index (χ3n) is 4.03. The lowest BCUT2D eigenvalue weighted by Crippen LogP contribution is -2.27. The van der Waals surface area contributed by atoms with Gasteiger partial charge in [0.25, 0.3) is 0 Å². The summed E-state index contributed by atoms with van der Waals surface area (Å²) in [6.07, 6.45) is 1.62. The summed E-state index contributed by atoms with van der Waals surface area (Å²) in [4.78, 5) is 25.6. The van der Waals surface area contributed by atoms with Crippen molar-refractivity contribution in [1.29, 1.82) is 0 Å². The van der Waals surface area contributed by atoms with Crippen LogP contribution in [0.2, 0.25) is 0 Å². The van der Waals surface area contributed by atoms with E-state index in [1.165, 1.54) is 16.6 Å². The van der Waals surface area contributed by atoms with E-state index in [1.807, 2.05) is 25.1 Å². The molecule has 0 bridgehead atoms. The highest BCUT2D eigenvalue weighted by molar-refractivity contribution is 8.00. The van der Waals surface area contributed by atoms with Crippen LogP contribution in [0.5, 0.6) is 0 Å². The number of thiophene rings is 2. The van der Waals surface area contributed by atoms with E-state index in [9.17, 15) is 4.79 Å². The number of aromatic nitrogens is 2. The number of furan rings is 1. The van der Waals surface area contributed by atoms with Gasteiger partial charge in [-0.1, -0.05) is 17.8 Å². The van der Waals surface area contributed by atoms with Gasteiger partial charge < -0.3 is 9.32 Å². The molecule has 27 heavy (non-hydrogen) atoms. The van der Waals surface area contributed by atoms with Gasteiger partial charge in [0.15, 0.2) is 0 Å². The van der Waals surface area contributed by atoms with Crippen LogP contribution >= 0.6 is 34.4 Å². The third kappa shape index (κ3) is 3.92. The van der Waals surface area contributed by atoms with Crippen LogP contribution in [0.1, 0.15) is 11.6 Å². The minimum Gasteiger partial charge on any atom is -0.467 e. The highest BCUT2D eigenvalue weighted by Gasteiger charge is 2.18. The molecule has 0 spiro atoms. The molecule has 0 aliphatic rings. The van der Waals surface area contributed by atoms with Crippen molar-refractivity contribution in [2.24, 2.45) is 0 Å². The summed E-state index contributed by atoms with van der Waals surface area (Å²) in [7, 11) is 1.79. The Kier molecular flexibility index (Phi) is 5.29. The second-order valence-electron chi connectivity index (χ2n) is 6.00. The van der Waals surface area contributed by atoms with E-state index in [-0.39, 0.29) is 5.91 Å². The predicted octanol–water partition coefficient (Wildman–Crippen LogP) is 5.07. The van der Waals surface area contributed by atoms with Gasteiger partial charge in [-0.2, -0.15) is 0 Å². The van der Waals surface area contributed by atoms with E-state index in [0.29, 0.717) is 12.3 Å². The molecule has 0 aliphatic heterocycles. The van der Waals surface area contributed by atoms with Crippen molar-refractivity contribution < 1.29 is 9.21 Å². The zero-order valence-corrected chi connectivity index (χ0v) is 17.3. The van der Waals surface area contributed by atoms with Gasteiger partial charge in [0.1, 0.15) is 21.4 Å². The summed E-state index contributed by atoms with van der Waals surface area (Å²) in [5.74, 6) is 1.85. The number of fused-ring (bicyclic) bond motifs is 1. The maximum atomic E-state index is 12.5. The molecular formula is C19H17N3O2S3. The normalized spacial score (nSPS) is 11.2. The van der Waals surface area contributed by atoms with Crippen LogP contribution in [0.25, 0.3) is 20.7 Å². The quantitative estimate of drug-likeness (QED) is 0.325. The molecule has 0 saturated heterocycles. The van der Waals surface area contributed by atoms with Gasteiger partial charge in [0.05, 0.1) is 23.9 Å². The Balaban J connectivity index is 1.56. The number of rotatable bonds is 6. The highest BCUT2D eigenvalue weighted by atomic mass is 32.2. The van der Waals surface area contributed by atoms with Gasteiger partial charge in [-0.25, -0.2) is 9.97 Å². The number of amides is 1. The van der Waals surface area contributed by atoms with Crippen LogP contribution in [0.3, 0.4) is 0 Å². The van der Waals surface area contributed by atoms with Crippen molar-refractivity contribution in [2.75, 3.05) is 12.8 Å². The van der Waals surface area contributed by atoms with Gasteiger partial charge >= 0.3 is 0 Å². The van der Waals surface area contributed by atoms with Crippen LogP contribution in [0, 0.1) is 6.92 Å². The molecule has 0 fully saturated rings. The van der Waals surface area contributed by atoms with E-state index in [1.54, 1.807) is 40.9 Å². The zero-order chi connectivity index (χ0) is 18.8. The molecule has 0 aliphatic carbocycles. The van der Waals surface area contributed by atoms with Crippen LogP contribution in [-0.2, 0) is 11.3 Å². The summed E-state index contributed by atoms with van der Waals surface area (Å²) in [6, 6.07) is 7.83. The summed E-state index contributed by atoms with van der Waals surface area (Å²) in [6.45, 7) is 2.35. The molecule has 4 rings (SSSR count). The van der Waals surface area contributed by atoms with E-state index in [4.69, 9.17) is 4.42 Å². The molecule has 8 heteroatoms. The number of carbonyl (C=O) groups excluding carboxylic acids is 1. The number of aryl methyl sites for hydroxylation is 1. The first kappa shape index (κ1) is 18.2. The van der Waals surface area contributed by atoms with Gasteiger partial charge in [-0.15, -0.1) is 22.7 Å². The Morgan fingerprint density at radius 3 is 2.89 bits per heavy atom. The molecule has 0 N–H and O–H groups in total. The molecule has 0 saturated carbocycles. The Bertz CT molecular complexity index is 1060. The second kappa shape index (κ2) is 7.84. The van der Waals surface area contributed by atoms with Crippen molar-refractivity contribution in [3.05, 3.63) is 52.9 Å². The molecule has 1 amide bonds. The van der Waals surface area contributed by atoms with Crippen molar-refractivity contribution in [3.8, 4) is 10.4 Å². The Morgan fingerprint density at radius 2 is 2.15 bits per heavy atom. The Labute approximate surface area is 169 Å².